The Labute approximate surface area is 127 Å². The highest BCUT2D eigenvalue weighted by Gasteiger charge is 2.20. The Balaban J connectivity index is 2.03. The maximum absolute atomic E-state index is 6.24. The zero-order chi connectivity index (χ0) is 14.4. The van der Waals surface area contributed by atoms with Crippen LogP contribution in [0.1, 0.15) is 31.7 Å². The molecular weight excluding hydrogens is 272 g/mol. The summed E-state index contributed by atoms with van der Waals surface area (Å²) < 4.78 is 5.71. The van der Waals surface area contributed by atoms with Gasteiger partial charge in [-0.3, -0.25) is 4.90 Å². The van der Waals surface area contributed by atoms with Gasteiger partial charge in [-0.2, -0.15) is 0 Å². The maximum Gasteiger partial charge on any atom is 0.142 e. The molecule has 1 aromatic rings. The molecule has 1 aromatic carbocycles. The molecule has 1 aliphatic rings. The molecule has 1 atom stereocenters. The Morgan fingerprint density at radius 3 is 3.05 bits per heavy atom. The number of benzene rings is 1. The molecule has 1 aliphatic heterocycles. The highest BCUT2D eigenvalue weighted by Crippen LogP contribution is 2.31. The van der Waals surface area contributed by atoms with Gasteiger partial charge in [0.15, 0.2) is 0 Å². The first-order valence-corrected chi connectivity index (χ1v) is 7.95. The van der Waals surface area contributed by atoms with Gasteiger partial charge in [0.25, 0.3) is 0 Å². The van der Waals surface area contributed by atoms with E-state index in [4.69, 9.17) is 22.1 Å². The van der Waals surface area contributed by atoms with Crippen LogP contribution in [0.25, 0.3) is 0 Å². The summed E-state index contributed by atoms with van der Waals surface area (Å²) >= 11 is 6.24. The summed E-state index contributed by atoms with van der Waals surface area (Å²) in [4.78, 5) is 2.50. The number of ether oxygens (including phenoxy) is 1. The van der Waals surface area contributed by atoms with Crippen molar-refractivity contribution in [2.75, 3.05) is 26.2 Å². The van der Waals surface area contributed by atoms with Crippen molar-refractivity contribution in [3.05, 3.63) is 28.8 Å². The third-order valence-corrected chi connectivity index (χ3v) is 4.21. The quantitative estimate of drug-likeness (QED) is 0.875. The molecule has 2 rings (SSSR count). The average Bonchev–Trinajstić information content (AvgIpc) is 2.44. The van der Waals surface area contributed by atoms with Crippen LogP contribution in [-0.4, -0.2) is 31.1 Å². The molecule has 4 heteroatoms. The van der Waals surface area contributed by atoms with Crippen LogP contribution in [-0.2, 0) is 6.54 Å². The predicted molar refractivity (Wildman–Crippen MR) is 84.3 cm³/mol. The second-order valence-electron chi connectivity index (χ2n) is 5.48. The van der Waals surface area contributed by atoms with Gasteiger partial charge in [0, 0.05) is 18.7 Å². The van der Waals surface area contributed by atoms with Gasteiger partial charge < -0.3 is 10.5 Å². The minimum atomic E-state index is 0.645. The monoisotopic (exact) mass is 296 g/mol. The van der Waals surface area contributed by atoms with Crippen LogP contribution in [0.15, 0.2) is 18.2 Å². The highest BCUT2D eigenvalue weighted by atomic mass is 35.5. The van der Waals surface area contributed by atoms with E-state index in [0.717, 1.165) is 44.3 Å². The Kier molecular flexibility index (Phi) is 6.14. The van der Waals surface area contributed by atoms with Crippen LogP contribution in [0.3, 0.4) is 0 Å². The normalized spacial score (nSPS) is 20.1. The van der Waals surface area contributed by atoms with E-state index in [1.165, 1.54) is 18.4 Å². The van der Waals surface area contributed by atoms with Crippen LogP contribution in [0.2, 0.25) is 5.02 Å². The van der Waals surface area contributed by atoms with Gasteiger partial charge in [0.05, 0.1) is 11.6 Å². The van der Waals surface area contributed by atoms with Gasteiger partial charge in [-0.1, -0.05) is 23.7 Å². The van der Waals surface area contributed by atoms with E-state index in [2.05, 4.69) is 11.0 Å². The molecule has 0 aromatic heterocycles. The first-order valence-electron chi connectivity index (χ1n) is 7.57. The smallest absolute Gasteiger partial charge is 0.142 e. The van der Waals surface area contributed by atoms with Crippen molar-refractivity contribution < 1.29 is 4.74 Å². The molecule has 2 N–H and O–H groups in total. The number of rotatable bonds is 6. The number of piperidine rings is 1. The second kappa shape index (κ2) is 7.87. The largest absolute Gasteiger partial charge is 0.492 e. The van der Waals surface area contributed by atoms with Crippen molar-refractivity contribution in [3.8, 4) is 5.75 Å². The molecule has 1 saturated heterocycles. The van der Waals surface area contributed by atoms with E-state index in [1.807, 2.05) is 19.1 Å². The predicted octanol–water partition coefficient (Wildman–Crippen LogP) is 3.30. The Morgan fingerprint density at radius 2 is 2.30 bits per heavy atom. The summed E-state index contributed by atoms with van der Waals surface area (Å²) in [5.41, 5.74) is 6.87. The molecule has 0 spiro atoms. The summed E-state index contributed by atoms with van der Waals surface area (Å²) in [6.45, 7) is 6.63. The SMILES string of the molecule is CCOc1c(Cl)cccc1CN1CCCC(CCN)C1. The lowest BCUT2D eigenvalue weighted by atomic mass is 9.94. The number of likely N-dealkylation sites (tertiary alicyclic amines) is 1. The van der Waals surface area contributed by atoms with E-state index in [0.29, 0.717) is 11.6 Å². The van der Waals surface area contributed by atoms with Crippen LogP contribution in [0, 0.1) is 5.92 Å². The van der Waals surface area contributed by atoms with E-state index in [1.54, 1.807) is 0 Å². The summed E-state index contributed by atoms with van der Waals surface area (Å²) in [5, 5.41) is 0.708. The van der Waals surface area contributed by atoms with E-state index in [-0.39, 0.29) is 0 Å². The fourth-order valence-electron chi connectivity index (χ4n) is 2.99. The van der Waals surface area contributed by atoms with E-state index in [9.17, 15) is 0 Å². The molecular formula is C16H25ClN2O. The lowest BCUT2D eigenvalue weighted by Crippen LogP contribution is -2.35. The maximum atomic E-state index is 6.24. The molecule has 1 heterocycles. The lowest BCUT2D eigenvalue weighted by Gasteiger charge is -2.33. The molecule has 3 nitrogen and oxygen atoms in total. The topological polar surface area (TPSA) is 38.5 Å². The Bertz CT molecular complexity index is 423. The van der Waals surface area contributed by atoms with Crippen LogP contribution in [0.5, 0.6) is 5.75 Å². The first-order chi connectivity index (χ1) is 9.74. The van der Waals surface area contributed by atoms with Crippen molar-refractivity contribution in [2.24, 2.45) is 11.7 Å². The summed E-state index contributed by atoms with van der Waals surface area (Å²) in [6.07, 6.45) is 3.70. The molecule has 0 aliphatic carbocycles. The van der Waals surface area contributed by atoms with Crippen molar-refractivity contribution in [1.29, 1.82) is 0 Å². The summed E-state index contributed by atoms with van der Waals surface area (Å²) in [6, 6.07) is 6.01. The molecule has 0 amide bonds. The van der Waals surface area contributed by atoms with Gasteiger partial charge in [-0.25, -0.2) is 0 Å². The third kappa shape index (κ3) is 4.11. The Morgan fingerprint density at radius 1 is 1.45 bits per heavy atom. The van der Waals surface area contributed by atoms with Crippen molar-refractivity contribution in [3.63, 3.8) is 0 Å². The fourth-order valence-corrected chi connectivity index (χ4v) is 3.24. The molecule has 112 valence electrons. The van der Waals surface area contributed by atoms with Crippen molar-refractivity contribution >= 4 is 11.6 Å². The van der Waals surface area contributed by atoms with Crippen LogP contribution < -0.4 is 10.5 Å². The van der Waals surface area contributed by atoms with Crippen molar-refractivity contribution in [2.45, 2.75) is 32.7 Å². The molecule has 0 radical (unpaired) electrons. The Hall–Kier alpha value is -0.770. The zero-order valence-electron chi connectivity index (χ0n) is 12.3. The fraction of sp³-hybridized carbons (Fsp3) is 0.625. The first kappa shape index (κ1) is 15.6. The minimum Gasteiger partial charge on any atom is -0.492 e. The van der Waals surface area contributed by atoms with Gasteiger partial charge >= 0.3 is 0 Å². The number of halogens is 1. The summed E-state index contributed by atoms with van der Waals surface area (Å²) in [7, 11) is 0. The van der Waals surface area contributed by atoms with Crippen LogP contribution in [0.4, 0.5) is 0 Å². The number of nitrogens with zero attached hydrogens (tertiary/aromatic N) is 1. The van der Waals surface area contributed by atoms with Gasteiger partial charge in [0.1, 0.15) is 5.75 Å². The number of hydrogen-bond acceptors (Lipinski definition) is 3. The molecule has 1 unspecified atom stereocenters. The van der Waals surface area contributed by atoms with Gasteiger partial charge in [0.2, 0.25) is 0 Å². The van der Waals surface area contributed by atoms with Crippen LogP contribution >= 0.6 is 11.6 Å². The number of nitrogens with two attached hydrogens (primary N) is 1. The van der Waals surface area contributed by atoms with Gasteiger partial charge in [-0.05, 0) is 51.3 Å². The molecule has 1 fully saturated rings. The van der Waals surface area contributed by atoms with Gasteiger partial charge in [-0.15, -0.1) is 0 Å². The molecule has 20 heavy (non-hydrogen) atoms. The minimum absolute atomic E-state index is 0.645. The van der Waals surface area contributed by atoms with Crippen molar-refractivity contribution in [1.82, 2.24) is 4.90 Å². The third-order valence-electron chi connectivity index (χ3n) is 3.91. The number of hydrogen-bond donors (Lipinski definition) is 1. The van der Waals surface area contributed by atoms with E-state index < -0.39 is 0 Å². The zero-order valence-corrected chi connectivity index (χ0v) is 13.0. The highest BCUT2D eigenvalue weighted by molar-refractivity contribution is 6.32. The standard InChI is InChI=1S/C16H25ClN2O/c1-2-20-16-14(6-3-7-15(16)17)12-19-10-4-5-13(11-19)8-9-18/h3,6-7,13H,2,4-5,8-12,18H2,1H3. The average molecular weight is 297 g/mol. The number of para-hydroxylation sites is 1. The molecule has 0 saturated carbocycles. The molecule has 0 bridgehead atoms. The lowest BCUT2D eigenvalue weighted by molar-refractivity contribution is 0.161. The summed E-state index contributed by atoms with van der Waals surface area (Å²) in [5.74, 6) is 1.58. The van der Waals surface area contributed by atoms with E-state index >= 15 is 0 Å². The second-order valence-corrected chi connectivity index (χ2v) is 5.89.